The third-order valence-electron chi connectivity index (χ3n) is 5.56. The summed E-state index contributed by atoms with van der Waals surface area (Å²) in [5.74, 6) is -0.918. The zero-order chi connectivity index (χ0) is 24.2. The van der Waals surface area contributed by atoms with Crippen molar-refractivity contribution in [1.29, 1.82) is 0 Å². The van der Waals surface area contributed by atoms with E-state index in [0.29, 0.717) is 11.3 Å². The van der Waals surface area contributed by atoms with Gasteiger partial charge in [-0.05, 0) is 43.2 Å². The Morgan fingerprint density at radius 1 is 1.03 bits per heavy atom. The van der Waals surface area contributed by atoms with E-state index in [2.05, 4.69) is 5.32 Å². The van der Waals surface area contributed by atoms with E-state index >= 15 is 0 Å². The van der Waals surface area contributed by atoms with Gasteiger partial charge in [0.15, 0.2) is 0 Å². The minimum Gasteiger partial charge on any atom is -0.494 e. The minimum absolute atomic E-state index is 0.0148. The van der Waals surface area contributed by atoms with Crippen LogP contribution in [-0.2, 0) is 19.6 Å². The highest BCUT2D eigenvalue weighted by Gasteiger charge is 2.31. The van der Waals surface area contributed by atoms with E-state index in [-0.39, 0.29) is 55.6 Å². The molecule has 1 aliphatic rings. The molecule has 0 atom stereocenters. The van der Waals surface area contributed by atoms with Crippen LogP contribution in [0.15, 0.2) is 41.3 Å². The smallest absolute Gasteiger partial charge is 0.243 e. The lowest BCUT2D eigenvalue weighted by atomic mass is 10.2. The van der Waals surface area contributed by atoms with E-state index in [9.17, 15) is 22.4 Å². The van der Waals surface area contributed by atoms with Crippen molar-refractivity contribution >= 4 is 27.5 Å². The van der Waals surface area contributed by atoms with Crippen molar-refractivity contribution in [3.8, 4) is 5.75 Å². The Morgan fingerprint density at radius 2 is 1.73 bits per heavy atom. The first-order valence-electron chi connectivity index (χ1n) is 10.6. The van der Waals surface area contributed by atoms with Crippen LogP contribution in [-0.4, -0.2) is 62.7 Å². The second-order valence-electron chi connectivity index (χ2n) is 7.95. The van der Waals surface area contributed by atoms with Crippen molar-refractivity contribution in [3.63, 3.8) is 0 Å². The number of hydrogen-bond donors (Lipinski definition) is 1. The lowest BCUT2D eigenvalue weighted by Gasteiger charge is -2.34. The lowest BCUT2D eigenvalue weighted by Crippen LogP contribution is -2.50. The van der Waals surface area contributed by atoms with Gasteiger partial charge in [0.1, 0.15) is 11.6 Å². The van der Waals surface area contributed by atoms with Crippen LogP contribution in [0.2, 0.25) is 0 Å². The highest BCUT2D eigenvalue weighted by molar-refractivity contribution is 7.89. The molecule has 2 amide bonds. The summed E-state index contributed by atoms with van der Waals surface area (Å²) in [6.07, 6.45) is -0.0700. The number of hydrogen-bond acceptors (Lipinski definition) is 5. The van der Waals surface area contributed by atoms with Gasteiger partial charge in [-0.15, -0.1) is 0 Å². The number of rotatable bonds is 7. The molecule has 1 N–H and O–H groups in total. The molecular weight excluding hydrogens is 449 g/mol. The van der Waals surface area contributed by atoms with Crippen LogP contribution in [0.4, 0.5) is 10.1 Å². The maximum Gasteiger partial charge on any atom is 0.243 e. The Bertz CT molecular complexity index is 1140. The second-order valence-corrected chi connectivity index (χ2v) is 9.85. The van der Waals surface area contributed by atoms with Crippen molar-refractivity contribution < 1.29 is 27.1 Å². The summed E-state index contributed by atoms with van der Waals surface area (Å²) in [6, 6.07) is 9.07. The zero-order valence-electron chi connectivity index (χ0n) is 18.9. The number of methoxy groups -OCH3 is 1. The monoisotopic (exact) mass is 477 g/mol. The first-order valence-corrected chi connectivity index (χ1v) is 12.0. The molecule has 33 heavy (non-hydrogen) atoms. The largest absolute Gasteiger partial charge is 0.494 e. The molecule has 1 heterocycles. The van der Waals surface area contributed by atoms with Gasteiger partial charge < -0.3 is 15.0 Å². The van der Waals surface area contributed by atoms with Crippen LogP contribution in [0, 0.1) is 19.7 Å². The van der Waals surface area contributed by atoms with Crippen molar-refractivity contribution in [1.82, 2.24) is 9.21 Å². The molecule has 0 bridgehead atoms. The highest BCUT2D eigenvalue weighted by Crippen LogP contribution is 2.25. The quantitative estimate of drug-likeness (QED) is 0.662. The van der Waals surface area contributed by atoms with E-state index in [1.165, 1.54) is 23.5 Å². The molecule has 0 spiro atoms. The van der Waals surface area contributed by atoms with Gasteiger partial charge in [0.25, 0.3) is 0 Å². The number of aryl methyl sites for hydroxylation is 2. The average molecular weight is 478 g/mol. The summed E-state index contributed by atoms with van der Waals surface area (Å²) in [6.45, 7) is 4.52. The SMILES string of the molecule is COc1cc(F)ccc1NC(=O)CCC(=O)N1CCN(S(=O)(=O)c2cc(C)ccc2C)CC1. The van der Waals surface area contributed by atoms with E-state index in [4.69, 9.17) is 4.74 Å². The Hall–Kier alpha value is -2.98. The number of halogens is 1. The molecule has 2 aromatic rings. The molecule has 0 radical (unpaired) electrons. The number of ether oxygens (including phenoxy) is 1. The summed E-state index contributed by atoms with van der Waals surface area (Å²) in [4.78, 5) is 26.6. The molecule has 0 unspecified atom stereocenters. The van der Waals surface area contributed by atoms with Crippen molar-refractivity contribution in [2.45, 2.75) is 31.6 Å². The van der Waals surface area contributed by atoms with Gasteiger partial charge in [0.2, 0.25) is 21.8 Å². The fourth-order valence-corrected chi connectivity index (χ4v) is 5.39. The van der Waals surface area contributed by atoms with E-state index in [1.54, 1.807) is 24.0 Å². The Morgan fingerprint density at radius 3 is 2.39 bits per heavy atom. The number of benzene rings is 2. The van der Waals surface area contributed by atoms with Gasteiger partial charge >= 0.3 is 0 Å². The van der Waals surface area contributed by atoms with Crippen LogP contribution < -0.4 is 10.1 Å². The first-order chi connectivity index (χ1) is 15.6. The van der Waals surface area contributed by atoms with Crippen molar-refractivity contribution in [2.75, 3.05) is 38.6 Å². The van der Waals surface area contributed by atoms with E-state index < -0.39 is 21.7 Å². The third-order valence-corrected chi connectivity index (χ3v) is 7.60. The fraction of sp³-hybridized carbons (Fsp3) is 0.391. The summed E-state index contributed by atoms with van der Waals surface area (Å²) >= 11 is 0. The minimum atomic E-state index is -3.64. The zero-order valence-corrected chi connectivity index (χ0v) is 19.7. The second kappa shape index (κ2) is 10.3. The Labute approximate surface area is 193 Å². The third kappa shape index (κ3) is 5.88. The summed E-state index contributed by atoms with van der Waals surface area (Å²) < 4.78 is 45.8. The predicted molar refractivity (Wildman–Crippen MR) is 122 cm³/mol. The molecule has 1 aliphatic heterocycles. The molecule has 10 heteroatoms. The molecule has 1 saturated heterocycles. The van der Waals surface area contributed by atoms with Crippen LogP contribution in [0.3, 0.4) is 0 Å². The maximum absolute atomic E-state index is 13.3. The molecule has 178 valence electrons. The maximum atomic E-state index is 13.3. The number of anilines is 1. The predicted octanol–water partition coefficient (Wildman–Crippen LogP) is 2.70. The number of sulfonamides is 1. The Kier molecular flexibility index (Phi) is 7.70. The normalized spacial score (nSPS) is 14.7. The first kappa shape index (κ1) is 24.7. The van der Waals surface area contributed by atoms with Gasteiger partial charge in [-0.3, -0.25) is 9.59 Å². The average Bonchev–Trinajstić information content (AvgIpc) is 2.80. The molecular formula is C23H28FN3O5S. The highest BCUT2D eigenvalue weighted by atomic mass is 32.2. The summed E-state index contributed by atoms with van der Waals surface area (Å²) in [5, 5.41) is 2.61. The lowest BCUT2D eigenvalue weighted by molar-refractivity contribution is -0.133. The van der Waals surface area contributed by atoms with Gasteiger partial charge in [0.05, 0.1) is 17.7 Å². The van der Waals surface area contributed by atoms with Crippen LogP contribution in [0.1, 0.15) is 24.0 Å². The fourth-order valence-electron chi connectivity index (χ4n) is 3.66. The van der Waals surface area contributed by atoms with Crippen LogP contribution >= 0.6 is 0 Å². The van der Waals surface area contributed by atoms with Crippen molar-refractivity contribution in [3.05, 3.63) is 53.3 Å². The van der Waals surface area contributed by atoms with Gasteiger partial charge in [-0.1, -0.05) is 12.1 Å². The molecule has 0 aliphatic carbocycles. The number of nitrogens with zero attached hydrogens (tertiary/aromatic N) is 2. The van der Waals surface area contributed by atoms with E-state index in [1.807, 2.05) is 13.0 Å². The van der Waals surface area contributed by atoms with Gasteiger partial charge in [-0.2, -0.15) is 4.31 Å². The molecule has 3 rings (SSSR count). The number of carbonyl (C=O) groups excluding carboxylic acids is 2. The summed E-state index contributed by atoms with van der Waals surface area (Å²) in [5.41, 5.74) is 1.87. The van der Waals surface area contributed by atoms with E-state index in [0.717, 1.165) is 11.6 Å². The summed E-state index contributed by atoms with van der Waals surface area (Å²) in [7, 11) is -2.27. The van der Waals surface area contributed by atoms with Gasteiger partial charge in [-0.25, -0.2) is 12.8 Å². The standard InChI is InChI=1S/C23H28FN3O5S/c1-16-4-5-17(2)21(14-16)33(30,31)27-12-10-26(11-13-27)23(29)9-8-22(28)25-19-7-6-18(24)15-20(19)32-3/h4-7,14-15H,8-13H2,1-3H3,(H,25,28). The van der Waals surface area contributed by atoms with Gasteiger partial charge in [0, 0.05) is 45.1 Å². The van der Waals surface area contributed by atoms with Crippen LogP contribution in [0.5, 0.6) is 5.75 Å². The molecule has 1 fully saturated rings. The number of piperazine rings is 1. The molecule has 0 saturated carbocycles. The number of carbonyl (C=O) groups is 2. The van der Waals surface area contributed by atoms with Crippen molar-refractivity contribution in [2.24, 2.45) is 0 Å². The molecule has 0 aromatic heterocycles. The number of amides is 2. The topological polar surface area (TPSA) is 96.0 Å². The number of nitrogens with one attached hydrogen (secondary N) is 1. The van der Waals surface area contributed by atoms with Crippen LogP contribution in [0.25, 0.3) is 0 Å². The molecule has 8 nitrogen and oxygen atoms in total. The Balaban J connectivity index is 1.52. The molecule has 2 aromatic carbocycles.